The summed E-state index contributed by atoms with van der Waals surface area (Å²) in [4.78, 5) is 4.36. The maximum Gasteiger partial charge on any atom is 0.158 e. The van der Waals surface area contributed by atoms with Crippen molar-refractivity contribution < 1.29 is 9.47 Å². The van der Waals surface area contributed by atoms with Crippen molar-refractivity contribution in [3.63, 3.8) is 0 Å². The molecular weight excluding hydrogens is 208 g/mol. The summed E-state index contributed by atoms with van der Waals surface area (Å²) in [6, 6.07) is 0. The first-order valence-corrected chi connectivity index (χ1v) is 5.10. The molecule has 0 aromatic heterocycles. The van der Waals surface area contributed by atoms with Gasteiger partial charge in [0, 0.05) is 26.3 Å². The standard InChI is InChI=1S/C10H20N4O2/c1-7-13-4-9(11)10(12,14-7)8(5-15-2)6-16-3/h4,8H,5-6,11-12H2,1-3H3,(H,13,14). The average Bonchev–Trinajstić information content (AvgIpc) is 2.24. The van der Waals surface area contributed by atoms with Crippen molar-refractivity contribution >= 4 is 5.84 Å². The van der Waals surface area contributed by atoms with Crippen molar-refractivity contribution in [3.05, 3.63) is 11.9 Å². The van der Waals surface area contributed by atoms with E-state index in [0.717, 1.165) is 5.84 Å². The van der Waals surface area contributed by atoms with Gasteiger partial charge in [0.2, 0.25) is 0 Å². The van der Waals surface area contributed by atoms with Crippen LogP contribution in [0.3, 0.4) is 0 Å². The lowest BCUT2D eigenvalue weighted by Gasteiger charge is -2.36. The van der Waals surface area contributed by atoms with Crippen LogP contribution in [-0.4, -0.2) is 38.9 Å². The van der Waals surface area contributed by atoms with E-state index in [0.29, 0.717) is 18.9 Å². The number of nitrogens with two attached hydrogens (primary N) is 2. The van der Waals surface area contributed by atoms with Crippen molar-refractivity contribution in [3.8, 4) is 0 Å². The van der Waals surface area contributed by atoms with Crippen LogP contribution in [0.15, 0.2) is 16.9 Å². The molecule has 0 bridgehead atoms. The molecule has 0 radical (unpaired) electrons. The summed E-state index contributed by atoms with van der Waals surface area (Å²) < 4.78 is 10.3. The van der Waals surface area contributed by atoms with E-state index in [1.165, 1.54) is 0 Å². The van der Waals surface area contributed by atoms with Crippen LogP contribution >= 0.6 is 0 Å². The molecule has 0 fully saturated rings. The second-order valence-corrected chi connectivity index (χ2v) is 3.87. The zero-order valence-electron chi connectivity index (χ0n) is 9.99. The van der Waals surface area contributed by atoms with Crippen LogP contribution in [0.25, 0.3) is 0 Å². The van der Waals surface area contributed by atoms with Gasteiger partial charge in [0.25, 0.3) is 0 Å². The third kappa shape index (κ3) is 2.52. The zero-order chi connectivity index (χ0) is 12.2. The Balaban J connectivity index is 2.94. The molecule has 1 heterocycles. The molecule has 1 atom stereocenters. The van der Waals surface area contributed by atoms with Crippen LogP contribution in [-0.2, 0) is 9.47 Å². The Morgan fingerprint density at radius 3 is 2.50 bits per heavy atom. The smallest absolute Gasteiger partial charge is 0.158 e. The van der Waals surface area contributed by atoms with E-state index in [9.17, 15) is 0 Å². The van der Waals surface area contributed by atoms with Crippen LogP contribution < -0.4 is 16.8 Å². The fourth-order valence-corrected chi connectivity index (χ4v) is 1.70. The lowest BCUT2D eigenvalue weighted by molar-refractivity contribution is 0.0531. The molecule has 0 aromatic carbocycles. The molecule has 1 unspecified atom stereocenters. The molecule has 0 saturated carbocycles. The number of hydrogen-bond donors (Lipinski definition) is 3. The predicted octanol–water partition coefficient (Wildman–Crippen LogP) is -0.628. The van der Waals surface area contributed by atoms with Crippen LogP contribution in [0.2, 0.25) is 0 Å². The van der Waals surface area contributed by atoms with Gasteiger partial charge in [-0.05, 0) is 6.92 Å². The summed E-state index contributed by atoms with van der Waals surface area (Å²) in [5.41, 5.74) is 11.6. The Bertz CT molecular complexity index is 297. The summed E-state index contributed by atoms with van der Waals surface area (Å²) in [6.45, 7) is 2.71. The van der Waals surface area contributed by atoms with Gasteiger partial charge in [-0.2, -0.15) is 0 Å². The van der Waals surface area contributed by atoms with Crippen LogP contribution in [0.1, 0.15) is 6.92 Å². The number of aliphatic imine (C=N–C) groups is 1. The minimum atomic E-state index is -0.957. The van der Waals surface area contributed by atoms with Gasteiger partial charge in [0.05, 0.1) is 24.7 Å². The van der Waals surface area contributed by atoms with Gasteiger partial charge >= 0.3 is 0 Å². The summed E-state index contributed by atoms with van der Waals surface area (Å²) in [5.74, 6) is 0.615. The van der Waals surface area contributed by atoms with E-state index in [-0.39, 0.29) is 5.92 Å². The highest BCUT2D eigenvalue weighted by Crippen LogP contribution is 2.25. The molecule has 92 valence electrons. The highest BCUT2D eigenvalue weighted by Gasteiger charge is 2.39. The van der Waals surface area contributed by atoms with Gasteiger partial charge in [0.15, 0.2) is 5.66 Å². The minimum absolute atomic E-state index is 0.115. The first-order valence-electron chi connectivity index (χ1n) is 5.10. The Labute approximate surface area is 95.7 Å². The third-order valence-electron chi connectivity index (χ3n) is 2.61. The lowest BCUT2D eigenvalue weighted by Crippen LogP contribution is -2.56. The van der Waals surface area contributed by atoms with Gasteiger partial charge in [-0.1, -0.05) is 0 Å². The van der Waals surface area contributed by atoms with Crippen molar-refractivity contribution in [1.29, 1.82) is 0 Å². The molecule has 0 aliphatic carbocycles. The van der Waals surface area contributed by atoms with Crippen LogP contribution in [0, 0.1) is 5.92 Å². The Kier molecular flexibility index (Phi) is 4.28. The van der Waals surface area contributed by atoms with Crippen LogP contribution in [0.4, 0.5) is 0 Å². The maximum absolute atomic E-state index is 6.23. The maximum atomic E-state index is 6.23. The summed E-state index contributed by atoms with van der Waals surface area (Å²) in [5, 5.41) is 2.93. The zero-order valence-corrected chi connectivity index (χ0v) is 9.99. The molecule has 16 heavy (non-hydrogen) atoms. The van der Waals surface area contributed by atoms with E-state index >= 15 is 0 Å². The highest BCUT2D eigenvalue weighted by atomic mass is 16.5. The first kappa shape index (κ1) is 13.0. The molecule has 5 N–H and O–H groups in total. The summed E-state index contributed by atoms with van der Waals surface area (Å²) >= 11 is 0. The molecule has 1 aliphatic heterocycles. The van der Waals surface area contributed by atoms with E-state index < -0.39 is 5.66 Å². The number of nitrogens with one attached hydrogen (secondary N) is 1. The number of ether oxygens (including phenoxy) is 2. The second-order valence-electron chi connectivity index (χ2n) is 3.87. The number of hydrogen-bond acceptors (Lipinski definition) is 6. The first-order chi connectivity index (χ1) is 7.54. The molecule has 0 amide bonds. The molecule has 6 nitrogen and oxygen atoms in total. The third-order valence-corrected chi connectivity index (χ3v) is 2.61. The number of nitrogens with zero attached hydrogens (tertiary/aromatic N) is 1. The molecule has 6 heteroatoms. The van der Waals surface area contributed by atoms with E-state index in [1.54, 1.807) is 20.4 Å². The minimum Gasteiger partial charge on any atom is -0.398 e. The van der Waals surface area contributed by atoms with E-state index in [4.69, 9.17) is 20.9 Å². The van der Waals surface area contributed by atoms with E-state index in [2.05, 4.69) is 10.3 Å². The molecule has 1 aliphatic rings. The molecular formula is C10H20N4O2. The van der Waals surface area contributed by atoms with Gasteiger partial charge in [-0.25, -0.2) is 4.99 Å². The van der Waals surface area contributed by atoms with Crippen molar-refractivity contribution in [1.82, 2.24) is 5.32 Å². The normalized spacial score (nSPS) is 25.1. The van der Waals surface area contributed by atoms with Crippen molar-refractivity contribution in [2.24, 2.45) is 22.4 Å². The quantitative estimate of drug-likeness (QED) is 0.582. The van der Waals surface area contributed by atoms with Gasteiger partial charge in [0.1, 0.15) is 0 Å². The van der Waals surface area contributed by atoms with Crippen molar-refractivity contribution in [2.75, 3.05) is 27.4 Å². The lowest BCUT2D eigenvalue weighted by atomic mass is 9.91. The van der Waals surface area contributed by atoms with Crippen molar-refractivity contribution in [2.45, 2.75) is 12.6 Å². The second kappa shape index (κ2) is 5.29. The van der Waals surface area contributed by atoms with Gasteiger partial charge < -0.3 is 26.3 Å². The highest BCUT2D eigenvalue weighted by molar-refractivity contribution is 5.82. The molecule has 0 spiro atoms. The molecule has 0 saturated heterocycles. The SMILES string of the molecule is COCC(COC)C1(N)N=C(C)NC=C1N. The average molecular weight is 228 g/mol. The van der Waals surface area contributed by atoms with Gasteiger partial charge in [-0.15, -0.1) is 0 Å². The summed E-state index contributed by atoms with van der Waals surface area (Å²) in [6.07, 6.45) is 1.67. The predicted molar refractivity (Wildman–Crippen MR) is 62.7 cm³/mol. The number of amidine groups is 1. The molecule has 0 aromatic rings. The van der Waals surface area contributed by atoms with E-state index in [1.807, 2.05) is 6.92 Å². The molecule has 1 rings (SSSR count). The monoisotopic (exact) mass is 228 g/mol. The Hall–Kier alpha value is -1.11. The largest absolute Gasteiger partial charge is 0.398 e. The Morgan fingerprint density at radius 1 is 1.44 bits per heavy atom. The topological polar surface area (TPSA) is 94.9 Å². The van der Waals surface area contributed by atoms with Gasteiger partial charge in [-0.3, -0.25) is 0 Å². The van der Waals surface area contributed by atoms with Crippen LogP contribution in [0.5, 0.6) is 0 Å². The summed E-state index contributed by atoms with van der Waals surface area (Å²) in [7, 11) is 3.23. The number of rotatable bonds is 5. The fraction of sp³-hybridized carbons (Fsp3) is 0.700. The Morgan fingerprint density at radius 2 is 2.00 bits per heavy atom. The fourth-order valence-electron chi connectivity index (χ4n) is 1.70. The number of methoxy groups -OCH3 is 2.